The van der Waals surface area contributed by atoms with Crippen molar-refractivity contribution >= 4 is 58.5 Å². The van der Waals surface area contributed by atoms with Gasteiger partial charge in [-0.05, 0) is 36.4 Å². The Morgan fingerprint density at radius 1 is 1.08 bits per heavy atom. The second kappa shape index (κ2) is 9.43. The summed E-state index contributed by atoms with van der Waals surface area (Å²) in [6.07, 6.45) is 0.962. The fourth-order valence-electron chi connectivity index (χ4n) is 1.94. The molecule has 26 heavy (non-hydrogen) atoms. The summed E-state index contributed by atoms with van der Waals surface area (Å²) in [5.74, 6) is -0.555. The third-order valence-corrected chi connectivity index (χ3v) is 4.08. The summed E-state index contributed by atoms with van der Waals surface area (Å²) in [4.78, 5) is 23.6. The molecule has 2 rings (SSSR count). The second-order valence-corrected chi connectivity index (χ2v) is 6.28. The number of hydrogen-bond acceptors (Lipinski definition) is 4. The molecule has 0 heterocycles. The number of anilines is 1. The summed E-state index contributed by atoms with van der Waals surface area (Å²) < 4.78 is 5.16. The monoisotopic (exact) mass is 413 g/mol. The molecule has 0 saturated carbocycles. The molecule has 6 nitrogen and oxygen atoms in total. The zero-order valence-electron chi connectivity index (χ0n) is 13.6. The molecule has 0 aliphatic rings. The van der Waals surface area contributed by atoms with Crippen molar-refractivity contribution in [1.82, 2.24) is 5.43 Å². The summed E-state index contributed by atoms with van der Waals surface area (Å²) >= 11 is 17.6. The fraction of sp³-hybridized carbons (Fsp3) is 0.118. The van der Waals surface area contributed by atoms with Crippen molar-refractivity contribution in [2.75, 3.05) is 12.4 Å². The predicted molar refractivity (Wildman–Crippen MR) is 103 cm³/mol. The summed E-state index contributed by atoms with van der Waals surface area (Å²) in [5.41, 5.74) is 3.28. The first-order valence-electron chi connectivity index (χ1n) is 7.29. The lowest BCUT2D eigenvalue weighted by Crippen LogP contribution is -2.24. The van der Waals surface area contributed by atoms with Gasteiger partial charge >= 0.3 is 0 Å². The van der Waals surface area contributed by atoms with Crippen LogP contribution in [0.5, 0.6) is 5.75 Å². The molecule has 9 heteroatoms. The van der Waals surface area contributed by atoms with Crippen molar-refractivity contribution in [1.29, 1.82) is 0 Å². The van der Waals surface area contributed by atoms with Crippen molar-refractivity contribution in [3.8, 4) is 5.75 Å². The molecule has 0 saturated heterocycles. The van der Waals surface area contributed by atoms with Gasteiger partial charge in [-0.25, -0.2) is 5.43 Å². The number of carbonyl (C=O) groups excluding carboxylic acids is 2. The number of rotatable bonds is 6. The van der Waals surface area contributed by atoms with E-state index in [1.54, 1.807) is 30.3 Å². The fourth-order valence-corrected chi connectivity index (χ4v) is 2.42. The summed E-state index contributed by atoms with van der Waals surface area (Å²) in [5, 5.41) is 7.51. The van der Waals surface area contributed by atoms with E-state index in [9.17, 15) is 9.59 Å². The highest BCUT2D eigenvalue weighted by molar-refractivity contribution is 6.42. The average Bonchev–Trinajstić information content (AvgIpc) is 2.58. The smallest absolute Gasteiger partial charge is 0.249 e. The van der Waals surface area contributed by atoms with Crippen molar-refractivity contribution < 1.29 is 14.3 Å². The number of carbonyl (C=O) groups is 2. The van der Waals surface area contributed by atoms with Crippen LogP contribution in [0.25, 0.3) is 0 Å². The zero-order chi connectivity index (χ0) is 19.1. The van der Waals surface area contributed by atoms with E-state index in [0.29, 0.717) is 32.1 Å². The molecule has 0 spiro atoms. The van der Waals surface area contributed by atoms with Gasteiger partial charge in [0.1, 0.15) is 12.2 Å². The normalized spacial score (nSPS) is 10.6. The van der Waals surface area contributed by atoms with Crippen molar-refractivity contribution in [3.05, 3.63) is 57.0 Å². The number of hydrogen-bond donors (Lipinski definition) is 2. The minimum absolute atomic E-state index is 0.300. The largest absolute Gasteiger partial charge is 0.496 e. The summed E-state index contributed by atoms with van der Waals surface area (Å²) in [7, 11) is 1.51. The lowest BCUT2D eigenvalue weighted by Gasteiger charge is -2.06. The van der Waals surface area contributed by atoms with Crippen LogP contribution < -0.4 is 15.5 Å². The Morgan fingerprint density at radius 2 is 1.85 bits per heavy atom. The molecule has 0 aromatic heterocycles. The van der Waals surface area contributed by atoms with Crippen molar-refractivity contribution in [2.24, 2.45) is 5.10 Å². The molecule has 136 valence electrons. The topological polar surface area (TPSA) is 79.8 Å². The molecule has 2 aromatic carbocycles. The van der Waals surface area contributed by atoms with Crippen molar-refractivity contribution in [2.45, 2.75) is 6.42 Å². The van der Waals surface area contributed by atoms with Crippen LogP contribution >= 0.6 is 34.8 Å². The highest BCUT2D eigenvalue weighted by atomic mass is 35.5. The first-order chi connectivity index (χ1) is 12.4. The first kappa shape index (κ1) is 20.0. The Bertz CT molecular complexity index is 856. The molecule has 2 N–H and O–H groups in total. The zero-order valence-corrected chi connectivity index (χ0v) is 15.8. The maximum Gasteiger partial charge on any atom is 0.249 e. The van der Waals surface area contributed by atoms with Gasteiger partial charge in [0, 0.05) is 16.3 Å². The quantitative estimate of drug-likeness (QED) is 0.424. The molecule has 0 unspecified atom stereocenters. The number of benzene rings is 2. The Hall–Kier alpha value is -2.28. The minimum Gasteiger partial charge on any atom is -0.496 e. The van der Waals surface area contributed by atoms with Gasteiger partial charge < -0.3 is 10.1 Å². The molecule has 0 atom stereocenters. The Balaban J connectivity index is 1.89. The van der Waals surface area contributed by atoms with Crippen LogP contribution in [-0.2, 0) is 9.59 Å². The highest BCUT2D eigenvalue weighted by Gasteiger charge is 2.10. The van der Waals surface area contributed by atoms with E-state index in [4.69, 9.17) is 39.5 Å². The van der Waals surface area contributed by atoms with Crippen LogP contribution in [0, 0.1) is 0 Å². The maximum absolute atomic E-state index is 11.9. The van der Waals surface area contributed by atoms with Crippen LogP contribution in [0.2, 0.25) is 15.1 Å². The number of nitrogens with zero attached hydrogens (tertiary/aromatic N) is 1. The third-order valence-electron chi connectivity index (χ3n) is 3.11. The van der Waals surface area contributed by atoms with E-state index < -0.39 is 18.2 Å². The number of nitrogens with one attached hydrogen (secondary N) is 2. The predicted octanol–water partition coefficient (Wildman–Crippen LogP) is 4.13. The molecule has 0 fully saturated rings. The first-order valence-corrected chi connectivity index (χ1v) is 8.43. The molecular weight excluding hydrogens is 401 g/mol. The van der Waals surface area contributed by atoms with E-state index in [-0.39, 0.29) is 0 Å². The number of hydrazone groups is 1. The number of amides is 2. The van der Waals surface area contributed by atoms with Gasteiger partial charge in [0.2, 0.25) is 11.8 Å². The van der Waals surface area contributed by atoms with Crippen LogP contribution in [0.1, 0.15) is 12.0 Å². The van der Waals surface area contributed by atoms with Gasteiger partial charge in [0.25, 0.3) is 0 Å². The van der Waals surface area contributed by atoms with Crippen LogP contribution in [0.4, 0.5) is 5.69 Å². The summed E-state index contributed by atoms with van der Waals surface area (Å²) in [6, 6.07) is 9.59. The van der Waals surface area contributed by atoms with Gasteiger partial charge in [-0.15, -0.1) is 0 Å². The molecular formula is C17H14Cl3N3O3. The molecule has 2 aromatic rings. The Labute approximate surface area is 165 Å². The van der Waals surface area contributed by atoms with Gasteiger partial charge in [0.15, 0.2) is 0 Å². The van der Waals surface area contributed by atoms with E-state index in [1.807, 2.05) is 0 Å². The van der Waals surface area contributed by atoms with E-state index in [2.05, 4.69) is 15.8 Å². The van der Waals surface area contributed by atoms with E-state index in [0.717, 1.165) is 0 Å². The molecule has 2 amide bonds. The highest BCUT2D eigenvalue weighted by Crippen LogP contribution is 2.25. The Morgan fingerprint density at radius 3 is 2.54 bits per heavy atom. The van der Waals surface area contributed by atoms with Crippen LogP contribution in [-0.4, -0.2) is 25.1 Å². The van der Waals surface area contributed by atoms with Gasteiger partial charge in [0.05, 0.1) is 23.4 Å². The van der Waals surface area contributed by atoms with Gasteiger partial charge in [-0.3, -0.25) is 9.59 Å². The van der Waals surface area contributed by atoms with Crippen LogP contribution in [0.3, 0.4) is 0 Å². The number of ether oxygens (including phenoxy) is 1. The number of halogens is 3. The molecule has 0 aliphatic carbocycles. The molecule has 0 aliphatic heterocycles. The lowest BCUT2D eigenvalue weighted by molar-refractivity contribution is -0.126. The van der Waals surface area contributed by atoms with E-state index in [1.165, 1.54) is 19.4 Å². The van der Waals surface area contributed by atoms with E-state index >= 15 is 0 Å². The van der Waals surface area contributed by atoms with Gasteiger partial charge in [-0.1, -0.05) is 34.8 Å². The second-order valence-electron chi connectivity index (χ2n) is 5.03. The maximum atomic E-state index is 11.9. The lowest BCUT2D eigenvalue weighted by atomic mass is 10.2. The minimum atomic E-state index is -0.584. The molecule has 0 bridgehead atoms. The SMILES string of the molecule is COc1ccc(Cl)cc1C=NNC(=O)CC(=O)Nc1ccc(Cl)c(Cl)c1. The standard InChI is InChI=1S/C17H14Cl3N3O3/c1-26-15-5-2-11(18)6-10(15)9-21-23-17(25)8-16(24)22-12-3-4-13(19)14(20)7-12/h2-7,9H,8H2,1H3,(H,22,24)(H,23,25). The molecule has 0 radical (unpaired) electrons. The van der Waals surface area contributed by atoms with Crippen LogP contribution in [0.15, 0.2) is 41.5 Å². The summed E-state index contributed by atoms with van der Waals surface area (Å²) in [6.45, 7) is 0. The Kier molecular flexibility index (Phi) is 7.26. The van der Waals surface area contributed by atoms with Gasteiger partial charge in [-0.2, -0.15) is 5.10 Å². The number of methoxy groups -OCH3 is 1. The third kappa shape index (κ3) is 5.91. The van der Waals surface area contributed by atoms with Crippen molar-refractivity contribution in [3.63, 3.8) is 0 Å². The average molecular weight is 415 g/mol.